The predicted octanol–water partition coefficient (Wildman–Crippen LogP) is 5.83. The summed E-state index contributed by atoms with van der Waals surface area (Å²) >= 11 is 0. The third kappa shape index (κ3) is 5.93. The van der Waals surface area contributed by atoms with Gasteiger partial charge >= 0.3 is 5.97 Å². The molecule has 0 aliphatic heterocycles. The molecule has 0 aliphatic carbocycles. The SMILES string of the molecule is C=CC(=O)OCCCc1cc(-c2ccc(-c3ccc(C)cc3)cc2C)ccc1CCO. The van der Waals surface area contributed by atoms with Crippen LogP contribution in [0.1, 0.15) is 28.7 Å². The molecule has 1 N–H and O–H groups in total. The molecule has 31 heavy (non-hydrogen) atoms. The zero-order valence-corrected chi connectivity index (χ0v) is 18.4. The second-order valence-electron chi connectivity index (χ2n) is 7.83. The van der Waals surface area contributed by atoms with Crippen molar-refractivity contribution in [2.45, 2.75) is 33.1 Å². The van der Waals surface area contributed by atoms with E-state index in [2.05, 4.69) is 81.1 Å². The fourth-order valence-corrected chi connectivity index (χ4v) is 3.80. The van der Waals surface area contributed by atoms with E-state index in [1.807, 2.05) is 0 Å². The Bertz CT molecular complexity index is 1050. The van der Waals surface area contributed by atoms with Gasteiger partial charge in [0.15, 0.2) is 0 Å². The minimum absolute atomic E-state index is 0.113. The van der Waals surface area contributed by atoms with Crippen LogP contribution in [0, 0.1) is 13.8 Å². The van der Waals surface area contributed by atoms with E-state index in [1.54, 1.807) is 0 Å². The maximum absolute atomic E-state index is 11.2. The molecule has 0 spiro atoms. The van der Waals surface area contributed by atoms with Crippen molar-refractivity contribution >= 4 is 5.97 Å². The zero-order valence-electron chi connectivity index (χ0n) is 18.4. The summed E-state index contributed by atoms with van der Waals surface area (Å²) in [6.07, 6.45) is 3.31. The monoisotopic (exact) mass is 414 g/mol. The van der Waals surface area contributed by atoms with E-state index in [1.165, 1.54) is 39.5 Å². The quantitative estimate of drug-likeness (QED) is 0.272. The number of hydrogen-bond donors (Lipinski definition) is 1. The Morgan fingerprint density at radius 3 is 2.29 bits per heavy atom. The number of aryl methyl sites for hydroxylation is 3. The molecule has 0 bridgehead atoms. The Kier molecular flexibility index (Phi) is 7.80. The van der Waals surface area contributed by atoms with Gasteiger partial charge in [0.2, 0.25) is 0 Å². The average molecular weight is 415 g/mol. The first-order valence-electron chi connectivity index (χ1n) is 10.7. The summed E-state index contributed by atoms with van der Waals surface area (Å²) in [4.78, 5) is 11.2. The molecule has 3 rings (SSSR count). The van der Waals surface area contributed by atoms with Crippen LogP contribution in [0.5, 0.6) is 0 Å². The van der Waals surface area contributed by atoms with Crippen molar-refractivity contribution in [1.29, 1.82) is 0 Å². The number of rotatable bonds is 9. The topological polar surface area (TPSA) is 46.5 Å². The van der Waals surface area contributed by atoms with E-state index >= 15 is 0 Å². The van der Waals surface area contributed by atoms with Crippen LogP contribution < -0.4 is 0 Å². The first-order valence-corrected chi connectivity index (χ1v) is 10.7. The van der Waals surface area contributed by atoms with Crippen LogP contribution >= 0.6 is 0 Å². The first kappa shape index (κ1) is 22.5. The van der Waals surface area contributed by atoms with Crippen molar-refractivity contribution in [3.63, 3.8) is 0 Å². The molecule has 0 fully saturated rings. The molecule has 3 aromatic carbocycles. The largest absolute Gasteiger partial charge is 0.463 e. The van der Waals surface area contributed by atoms with E-state index in [0.29, 0.717) is 13.0 Å². The fraction of sp³-hybridized carbons (Fsp3) is 0.250. The smallest absolute Gasteiger partial charge is 0.330 e. The van der Waals surface area contributed by atoms with Gasteiger partial charge in [-0.3, -0.25) is 0 Å². The van der Waals surface area contributed by atoms with Gasteiger partial charge < -0.3 is 9.84 Å². The third-order valence-corrected chi connectivity index (χ3v) is 5.51. The maximum Gasteiger partial charge on any atom is 0.330 e. The minimum atomic E-state index is -0.395. The molecule has 3 nitrogen and oxygen atoms in total. The van der Waals surface area contributed by atoms with Gasteiger partial charge in [-0.1, -0.05) is 72.8 Å². The Hall–Kier alpha value is -3.17. The van der Waals surface area contributed by atoms with Gasteiger partial charge in [-0.05, 0) is 72.1 Å². The van der Waals surface area contributed by atoms with Gasteiger partial charge in [0, 0.05) is 12.7 Å². The van der Waals surface area contributed by atoms with Crippen molar-refractivity contribution in [2.24, 2.45) is 0 Å². The van der Waals surface area contributed by atoms with E-state index in [9.17, 15) is 9.90 Å². The Labute approximate surface area is 185 Å². The zero-order chi connectivity index (χ0) is 22.2. The maximum atomic E-state index is 11.2. The van der Waals surface area contributed by atoms with Crippen LogP contribution in [0.3, 0.4) is 0 Å². The lowest BCUT2D eigenvalue weighted by Gasteiger charge is -2.14. The van der Waals surface area contributed by atoms with Gasteiger partial charge in [-0.15, -0.1) is 0 Å². The van der Waals surface area contributed by atoms with Crippen molar-refractivity contribution in [2.75, 3.05) is 13.2 Å². The van der Waals surface area contributed by atoms with Crippen LogP contribution in [0.15, 0.2) is 73.3 Å². The van der Waals surface area contributed by atoms with Gasteiger partial charge in [0.05, 0.1) is 6.61 Å². The molecule has 0 radical (unpaired) electrons. The third-order valence-electron chi connectivity index (χ3n) is 5.51. The molecule has 0 saturated heterocycles. The number of esters is 1. The molecular formula is C28H30O3. The van der Waals surface area contributed by atoms with Gasteiger partial charge in [-0.25, -0.2) is 4.79 Å². The van der Waals surface area contributed by atoms with Crippen LogP contribution in [0.4, 0.5) is 0 Å². The lowest BCUT2D eigenvalue weighted by atomic mass is 9.91. The summed E-state index contributed by atoms with van der Waals surface area (Å²) in [7, 11) is 0. The first-order chi connectivity index (χ1) is 15.0. The molecule has 3 aromatic rings. The number of hydrogen-bond acceptors (Lipinski definition) is 3. The van der Waals surface area contributed by atoms with E-state index in [0.717, 1.165) is 24.0 Å². The Morgan fingerprint density at radius 1 is 0.903 bits per heavy atom. The highest BCUT2D eigenvalue weighted by Crippen LogP contribution is 2.30. The second kappa shape index (κ2) is 10.7. The average Bonchev–Trinajstić information content (AvgIpc) is 2.78. The highest BCUT2D eigenvalue weighted by Gasteiger charge is 2.09. The molecule has 0 amide bonds. The summed E-state index contributed by atoms with van der Waals surface area (Å²) in [5, 5.41) is 9.43. The fourth-order valence-electron chi connectivity index (χ4n) is 3.80. The standard InChI is InChI=1S/C28H30O3/c1-4-28(30)31-17-5-6-24-19-26(12-11-23(24)15-16-29)27-14-13-25(18-21(27)3)22-9-7-20(2)8-10-22/h4,7-14,18-19,29H,1,5-6,15-17H2,2-3H3. The summed E-state index contributed by atoms with van der Waals surface area (Å²) in [6.45, 7) is 8.13. The molecule has 0 saturated carbocycles. The molecule has 0 atom stereocenters. The summed E-state index contributed by atoms with van der Waals surface area (Å²) in [5.41, 5.74) is 9.58. The molecule has 0 heterocycles. The second-order valence-corrected chi connectivity index (χ2v) is 7.83. The van der Waals surface area contributed by atoms with Gasteiger partial charge in [0.25, 0.3) is 0 Å². The normalized spacial score (nSPS) is 10.7. The highest BCUT2D eigenvalue weighted by atomic mass is 16.5. The number of carbonyl (C=O) groups excluding carboxylic acids is 1. The van der Waals surface area contributed by atoms with E-state index in [-0.39, 0.29) is 6.61 Å². The van der Waals surface area contributed by atoms with Crippen molar-refractivity contribution in [1.82, 2.24) is 0 Å². The number of carbonyl (C=O) groups is 1. The lowest BCUT2D eigenvalue weighted by Crippen LogP contribution is -2.05. The number of aliphatic hydroxyl groups excluding tert-OH is 1. The molecule has 0 aliphatic rings. The van der Waals surface area contributed by atoms with E-state index < -0.39 is 5.97 Å². The Morgan fingerprint density at radius 2 is 1.61 bits per heavy atom. The van der Waals surface area contributed by atoms with Crippen LogP contribution in [0.2, 0.25) is 0 Å². The van der Waals surface area contributed by atoms with Gasteiger partial charge in [-0.2, -0.15) is 0 Å². The van der Waals surface area contributed by atoms with E-state index in [4.69, 9.17) is 4.74 Å². The number of aliphatic hydroxyl groups is 1. The number of benzene rings is 3. The summed E-state index contributed by atoms with van der Waals surface area (Å²) < 4.78 is 5.10. The predicted molar refractivity (Wildman–Crippen MR) is 127 cm³/mol. The highest BCUT2D eigenvalue weighted by molar-refractivity contribution is 5.81. The molecule has 3 heteroatoms. The molecule has 0 aromatic heterocycles. The van der Waals surface area contributed by atoms with Crippen molar-refractivity contribution < 1.29 is 14.6 Å². The minimum Gasteiger partial charge on any atom is -0.463 e. The van der Waals surface area contributed by atoms with Crippen molar-refractivity contribution in [3.05, 3.63) is 95.6 Å². The molecule has 160 valence electrons. The van der Waals surface area contributed by atoms with Crippen molar-refractivity contribution in [3.8, 4) is 22.3 Å². The van der Waals surface area contributed by atoms with Gasteiger partial charge in [0.1, 0.15) is 0 Å². The summed E-state index contributed by atoms with van der Waals surface area (Å²) in [5.74, 6) is -0.395. The number of ether oxygens (including phenoxy) is 1. The molecule has 0 unspecified atom stereocenters. The molecular weight excluding hydrogens is 384 g/mol. The van der Waals surface area contributed by atoms with Crippen LogP contribution in [-0.2, 0) is 22.4 Å². The van der Waals surface area contributed by atoms with Crippen LogP contribution in [-0.4, -0.2) is 24.3 Å². The van der Waals surface area contributed by atoms with Crippen LogP contribution in [0.25, 0.3) is 22.3 Å². The summed E-state index contributed by atoms with van der Waals surface area (Å²) in [6, 6.07) is 21.6. The lowest BCUT2D eigenvalue weighted by molar-refractivity contribution is -0.137. The Balaban J connectivity index is 1.83.